The molecule has 2 aliphatic carbocycles. The van der Waals surface area contributed by atoms with Crippen molar-refractivity contribution in [3.63, 3.8) is 0 Å². The van der Waals surface area contributed by atoms with Gasteiger partial charge in [0.1, 0.15) is 0 Å². The Labute approximate surface area is 83.7 Å². The molecule has 14 heavy (non-hydrogen) atoms. The van der Waals surface area contributed by atoms with Gasteiger partial charge in [-0.15, -0.1) is 0 Å². The molecule has 4 atom stereocenters. The van der Waals surface area contributed by atoms with E-state index < -0.39 is 0 Å². The monoisotopic (exact) mass is 190 g/mol. The lowest BCUT2D eigenvalue weighted by molar-refractivity contribution is -0.131. The summed E-state index contributed by atoms with van der Waals surface area (Å²) in [6.07, 6.45) is 6.98. The van der Waals surface area contributed by atoms with Gasteiger partial charge < -0.3 is 0 Å². The summed E-state index contributed by atoms with van der Waals surface area (Å²) in [4.78, 5) is 23.3. The van der Waals surface area contributed by atoms with Crippen LogP contribution in [-0.4, -0.2) is 11.6 Å². The molecule has 0 saturated heterocycles. The minimum atomic E-state index is -0.118. The van der Waals surface area contributed by atoms with E-state index in [2.05, 4.69) is 12.2 Å². The maximum Gasteiger partial charge on any atom is 0.160 e. The van der Waals surface area contributed by atoms with Crippen molar-refractivity contribution in [1.82, 2.24) is 0 Å². The molecular formula is C12H14O2. The largest absolute Gasteiger partial charge is 0.294 e. The summed E-state index contributed by atoms with van der Waals surface area (Å²) in [6.45, 7) is 4.01. The normalized spacial score (nSPS) is 41.3. The van der Waals surface area contributed by atoms with E-state index in [1.54, 1.807) is 0 Å². The van der Waals surface area contributed by atoms with Crippen LogP contribution in [0.1, 0.15) is 13.8 Å². The zero-order valence-corrected chi connectivity index (χ0v) is 8.44. The second kappa shape index (κ2) is 3.19. The second-order valence-electron chi connectivity index (χ2n) is 4.29. The van der Waals surface area contributed by atoms with E-state index in [1.165, 1.54) is 12.2 Å². The van der Waals surface area contributed by atoms with Crippen LogP contribution in [-0.2, 0) is 9.59 Å². The van der Waals surface area contributed by atoms with Gasteiger partial charge in [-0.2, -0.15) is 0 Å². The van der Waals surface area contributed by atoms with Crippen LogP contribution in [0.4, 0.5) is 0 Å². The number of carbonyl (C=O) groups is 2. The Morgan fingerprint density at radius 1 is 0.857 bits per heavy atom. The van der Waals surface area contributed by atoms with Crippen molar-refractivity contribution >= 4 is 11.6 Å². The van der Waals surface area contributed by atoms with Gasteiger partial charge >= 0.3 is 0 Å². The summed E-state index contributed by atoms with van der Waals surface area (Å²) in [5.74, 6) is 0.367. The molecule has 0 fully saturated rings. The van der Waals surface area contributed by atoms with Crippen molar-refractivity contribution in [2.75, 3.05) is 0 Å². The molecule has 0 aromatic rings. The van der Waals surface area contributed by atoms with Gasteiger partial charge in [0.05, 0.1) is 0 Å². The topological polar surface area (TPSA) is 34.1 Å². The van der Waals surface area contributed by atoms with Crippen LogP contribution in [0.25, 0.3) is 0 Å². The molecule has 2 heteroatoms. The Morgan fingerprint density at radius 3 is 1.57 bits per heavy atom. The van der Waals surface area contributed by atoms with E-state index in [9.17, 15) is 9.59 Å². The van der Waals surface area contributed by atoms with Crippen LogP contribution in [0.3, 0.4) is 0 Å². The maximum absolute atomic E-state index is 11.7. The van der Waals surface area contributed by atoms with Gasteiger partial charge in [0.15, 0.2) is 11.6 Å². The van der Waals surface area contributed by atoms with Gasteiger partial charge in [-0.05, 0) is 24.0 Å². The SMILES string of the molecule is C[C@@H]1C=C[C@H](C)[C@@H]2C(=O)C=CC(=O)[C@@H]21. The maximum atomic E-state index is 11.7. The second-order valence-corrected chi connectivity index (χ2v) is 4.29. The molecule has 2 rings (SSSR count). The summed E-state index contributed by atoms with van der Waals surface area (Å²) in [5.41, 5.74) is 0. The highest BCUT2D eigenvalue weighted by Crippen LogP contribution is 2.37. The average Bonchev–Trinajstić information content (AvgIpc) is 2.16. The quantitative estimate of drug-likeness (QED) is 0.545. The van der Waals surface area contributed by atoms with Crippen molar-refractivity contribution in [1.29, 1.82) is 0 Å². The van der Waals surface area contributed by atoms with Crippen LogP contribution < -0.4 is 0 Å². The first-order valence-electron chi connectivity index (χ1n) is 5.05. The first-order chi connectivity index (χ1) is 6.61. The fourth-order valence-electron chi connectivity index (χ4n) is 2.50. The molecule has 0 saturated carbocycles. The van der Waals surface area contributed by atoms with E-state index in [-0.39, 0.29) is 35.2 Å². The third-order valence-electron chi connectivity index (χ3n) is 3.31. The number of ketones is 2. The number of hydrogen-bond acceptors (Lipinski definition) is 2. The fourth-order valence-corrected chi connectivity index (χ4v) is 2.50. The number of rotatable bonds is 0. The molecule has 0 spiro atoms. The van der Waals surface area contributed by atoms with Crippen LogP contribution in [0.2, 0.25) is 0 Å². The van der Waals surface area contributed by atoms with Crippen molar-refractivity contribution in [2.45, 2.75) is 13.8 Å². The average molecular weight is 190 g/mol. The van der Waals surface area contributed by atoms with E-state index in [0.29, 0.717) is 0 Å². The van der Waals surface area contributed by atoms with Crippen LogP contribution in [0.15, 0.2) is 24.3 Å². The van der Waals surface area contributed by atoms with E-state index in [1.807, 2.05) is 13.8 Å². The minimum absolute atomic E-state index is 0.110. The minimum Gasteiger partial charge on any atom is -0.294 e. The van der Waals surface area contributed by atoms with E-state index in [4.69, 9.17) is 0 Å². The molecule has 74 valence electrons. The molecule has 0 aliphatic heterocycles. The molecule has 0 unspecified atom stereocenters. The summed E-state index contributed by atoms with van der Waals surface area (Å²) in [5, 5.41) is 0. The Morgan fingerprint density at radius 2 is 1.21 bits per heavy atom. The van der Waals surface area contributed by atoms with Crippen molar-refractivity contribution in [2.24, 2.45) is 23.7 Å². The lowest BCUT2D eigenvalue weighted by Gasteiger charge is -2.35. The standard InChI is InChI=1S/C12H14O2/c1-7-3-4-8(2)12-10(14)6-5-9(13)11(7)12/h3-8,11-12H,1-2H3/t7-,8+,11+,12-. The molecule has 2 nitrogen and oxygen atoms in total. The van der Waals surface area contributed by atoms with Crippen LogP contribution in [0, 0.1) is 23.7 Å². The lowest BCUT2D eigenvalue weighted by Crippen LogP contribution is -2.41. The fraction of sp³-hybridized carbons (Fsp3) is 0.500. The van der Waals surface area contributed by atoms with E-state index >= 15 is 0 Å². The van der Waals surface area contributed by atoms with Crippen molar-refractivity contribution in [3.8, 4) is 0 Å². The summed E-state index contributed by atoms with van der Waals surface area (Å²) >= 11 is 0. The Bertz CT molecular complexity index is 306. The molecule has 0 aromatic carbocycles. The molecule has 0 heterocycles. The summed E-state index contributed by atoms with van der Waals surface area (Å²) in [7, 11) is 0. The molecule has 0 N–H and O–H groups in total. The lowest BCUT2D eigenvalue weighted by atomic mass is 9.66. The third kappa shape index (κ3) is 1.26. The molecule has 0 bridgehead atoms. The Hall–Kier alpha value is -1.18. The van der Waals surface area contributed by atoms with Gasteiger partial charge in [-0.3, -0.25) is 9.59 Å². The first kappa shape index (κ1) is 9.38. The molecule has 2 aliphatic rings. The molecule has 0 aromatic heterocycles. The number of allylic oxidation sites excluding steroid dienone is 4. The Kier molecular flexibility index (Phi) is 2.14. The van der Waals surface area contributed by atoms with Gasteiger partial charge in [0.2, 0.25) is 0 Å². The highest BCUT2D eigenvalue weighted by atomic mass is 16.1. The summed E-state index contributed by atoms with van der Waals surface area (Å²) in [6, 6.07) is 0. The Balaban J connectivity index is 2.43. The zero-order chi connectivity index (χ0) is 10.3. The number of fused-ring (bicyclic) bond motifs is 1. The van der Waals surface area contributed by atoms with Gasteiger partial charge in [0, 0.05) is 11.8 Å². The van der Waals surface area contributed by atoms with Crippen molar-refractivity contribution in [3.05, 3.63) is 24.3 Å². The smallest absolute Gasteiger partial charge is 0.160 e. The highest BCUT2D eigenvalue weighted by Gasteiger charge is 2.41. The van der Waals surface area contributed by atoms with E-state index in [0.717, 1.165) is 0 Å². The first-order valence-corrected chi connectivity index (χ1v) is 5.05. The number of carbonyl (C=O) groups excluding carboxylic acids is 2. The predicted molar refractivity (Wildman–Crippen MR) is 53.6 cm³/mol. The highest BCUT2D eigenvalue weighted by molar-refractivity contribution is 6.07. The zero-order valence-electron chi connectivity index (χ0n) is 8.44. The molecule has 0 radical (unpaired) electrons. The van der Waals surface area contributed by atoms with Crippen LogP contribution in [0.5, 0.6) is 0 Å². The molecular weight excluding hydrogens is 176 g/mol. The van der Waals surface area contributed by atoms with Gasteiger partial charge in [-0.25, -0.2) is 0 Å². The van der Waals surface area contributed by atoms with Gasteiger partial charge in [0.25, 0.3) is 0 Å². The third-order valence-corrected chi connectivity index (χ3v) is 3.31. The summed E-state index contributed by atoms with van der Waals surface area (Å²) < 4.78 is 0. The molecule has 0 amide bonds. The van der Waals surface area contributed by atoms with Crippen molar-refractivity contribution < 1.29 is 9.59 Å². The number of hydrogen-bond donors (Lipinski definition) is 0. The van der Waals surface area contributed by atoms with Gasteiger partial charge in [-0.1, -0.05) is 26.0 Å². The van der Waals surface area contributed by atoms with Crippen LogP contribution >= 0.6 is 0 Å². The predicted octanol–water partition coefficient (Wildman–Crippen LogP) is 1.77.